The standard InChI is InChI=1S/C31H28N2O9/c1-19(25-13-23(15-27(30(25)35)32(37)38)41-17-21-9-5-3-6-10-21)29(34)20(2)26-14-24(16-28(31(26)36)33(39)40)42-18-22-11-7-4-8-12-22/h3-16,19-20,35-36H,17-18H2,1-2H3. The predicted octanol–water partition coefficient (Wildman–Crippen LogP) is 6.55. The van der Waals surface area contributed by atoms with Gasteiger partial charge in [-0.25, -0.2) is 0 Å². The van der Waals surface area contributed by atoms with Gasteiger partial charge in [-0.05, 0) is 23.3 Å². The summed E-state index contributed by atoms with van der Waals surface area (Å²) >= 11 is 0. The molecule has 11 nitrogen and oxygen atoms in total. The van der Waals surface area contributed by atoms with Crippen molar-refractivity contribution >= 4 is 17.2 Å². The van der Waals surface area contributed by atoms with Gasteiger partial charge in [0, 0.05) is 23.0 Å². The van der Waals surface area contributed by atoms with E-state index in [1.54, 1.807) is 0 Å². The normalized spacial score (nSPS) is 12.2. The molecule has 0 bridgehead atoms. The monoisotopic (exact) mass is 572 g/mol. The van der Waals surface area contributed by atoms with Crippen molar-refractivity contribution in [2.75, 3.05) is 0 Å². The molecule has 2 N–H and O–H groups in total. The lowest BCUT2D eigenvalue weighted by Crippen LogP contribution is -2.17. The smallest absolute Gasteiger partial charge is 0.314 e. The second kappa shape index (κ2) is 12.8. The second-order valence-electron chi connectivity index (χ2n) is 9.67. The number of nitro groups is 2. The zero-order valence-corrected chi connectivity index (χ0v) is 22.8. The lowest BCUT2D eigenvalue weighted by molar-refractivity contribution is -0.386. The van der Waals surface area contributed by atoms with Gasteiger partial charge in [-0.3, -0.25) is 25.0 Å². The number of benzene rings is 4. The number of rotatable bonds is 12. The van der Waals surface area contributed by atoms with Gasteiger partial charge in [0.05, 0.1) is 22.0 Å². The van der Waals surface area contributed by atoms with E-state index < -0.39 is 50.3 Å². The summed E-state index contributed by atoms with van der Waals surface area (Å²) < 4.78 is 11.5. The highest BCUT2D eigenvalue weighted by atomic mass is 16.6. The summed E-state index contributed by atoms with van der Waals surface area (Å²) in [5.41, 5.74) is 0.206. The number of carbonyl (C=O) groups is 1. The third-order valence-electron chi connectivity index (χ3n) is 6.86. The molecule has 0 fully saturated rings. The van der Waals surface area contributed by atoms with Crippen molar-refractivity contribution < 1.29 is 34.3 Å². The first-order chi connectivity index (χ1) is 20.1. The van der Waals surface area contributed by atoms with Crippen molar-refractivity contribution in [3.05, 3.63) is 127 Å². The van der Waals surface area contributed by atoms with Crippen molar-refractivity contribution in [1.82, 2.24) is 0 Å². The molecule has 42 heavy (non-hydrogen) atoms. The van der Waals surface area contributed by atoms with Crippen LogP contribution in [0.25, 0.3) is 0 Å². The number of nitrogens with zero attached hydrogens (tertiary/aromatic N) is 2. The molecule has 216 valence electrons. The molecule has 4 aromatic rings. The van der Waals surface area contributed by atoms with Crippen LogP contribution in [0, 0.1) is 20.2 Å². The number of Topliss-reactive ketones (excluding diaryl/α,β-unsaturated/α-hetero) is 1. The lowest BCUT2D eigenvalue weighted by Gasteiger charge is -2.20. The summed E-state index contributed by atoms with van der Waals surface area (Å²) in [5, 5.41) is 44.8. The quantitative estimate of drug-likeness (QED) is 0.142. The fourth-order valence-electron chi connectivity index (χ4n) is 4.50. The Morgan fingerprint density at radius 2 is 1.05 bits per heavy atom. The van der Waals surface area contributed by atoms with E-state index in [-0.39, 0.29) is 35.8 Å². The topological polar surface area (TPSA) is 162 Å². The minimum atomic E-state index is -1.12. The second-order valence-corrected chi connectivity index (χ2v) is 9.67. The van der Waals surface area contributed by atoms with Gasteiger partial charge in [-0.2, -0.15) is 0 Å². The Hall–Kier alpha value is -5.45. The number of hydrogen-bond donors (Lipinski definition) is 2. The number of hydrogen-bond acceptors (Lipinski definition) is 9. The molecule has 0 spiro atoms. The molecular weight excluding hydrogens is 544 g/mol. The lowest BCUT2D eigenvalue weighted by atomic mass is 9.84. The molecule has 0 aliphatic heterocycles. The molecule has 4 aromatic carbocycles. The predicted molar refractivity (Wildman–Crippen MR) is 153 cm³/mol. The summed E-state index contributed by atoms with van der Waals surface area (Å²) in [6.45, 7) is 3.07. The molecular formula is C31H28N2O9. The van der Waals surface area contributed by atoms with Crippen LogP contribution in [0.2, 0.25) is 0 Å². The Kier molecular flexibility index (Phi) is 9.01. The minimum absolute atomic E-state index is 0.0606. The number of aromatic hydroxyl groups is 2. The Morgan fingerprint density at radius 1 is 0.690 bits per heavy atom. The van der Waals surface area contributed by atoms with Crippen molar-refractivity contribution in [2.45, 2.75) is 38.9 Å². The highest BCUT2D eigenvalue weighted by Crippen LogP contribution is 2.43. The van der Waals surface area contributed by atoms with E-state index in [1.807, 2.05) is 60.7 Å². The van der Waals surface area contributed by atoms with Crippen molar-refractivity contribution in [1.29, 1.82) is 0 Å². The van der Waals surface area contributed by atoms with Gasteiger partial charge in [-0.15, -0.1) is 0 Å². The number of ketones is 1. The third kappa shape index (κ3) is 6.64. The van der Waals surface area contributed by atoms with Gasteiger partial charge in [-0.1, -0.05) is 74.5 Å². The Morgan fingerprint density at radius 3 is 1.38 bits per heavy atom. The van der Waals surface area contributed by atoms with Gasteiger partial charge in [0.2, 0.25) is 0 Å². The fraction of sp³-hybridized carbons (Fsp3) is 0.194. The van der Waals surface area contributed by atoms with Crippen molar-refractivity contribution in [2.24, 2.45) is 0 Å². The van der Waals surface area contributed by atoms with Crippen LogP contribution in [-0.4, -0.2) is 25.8 Å². The SMILES string of the molecule is CC(C(=O)C(C)c1cc(OCc2ccccc2)cc([N+](=O)[O-])c1O)c1cc(OCc2ccccc2)cc([N+](=O)[O-])c1O. The molecule has 2 atom stereocenters. The van der Waals surface area contributed by atoms with Gasteiger partial charge >= 0.3 is 11.4 Å². The zero-order chi connectivity index (χ0) is 30.4. The first kappa shape index (κ1) is 29.5. The number of carbonyl (C=O) groups excluding carboxylic acids is 1. The largest absolute Gasteiger partial charge is 0.502 e. The maximum Gasteiger partial charge on any atom is 0.314 e. The van der Waals surface area contributed by atoms with Gasteiger partial charge in [0.1, 0.15) is 30.5 Å². The van der Waals surface area contributed by atoms with Crippen LogP contribution < -0.4 is 9.47 Å². The van der Waals surface area contributed by atoms with Crippen LogP contribution in [0.4, 0.5) is 11.4 Å². The third-order valence-corrected chi connectivity index (χ3v) is 6.86. The first-order valence-electron chi connectivity index (χ1n) is 13.0. The molecule has 0 aliphatic rings. The van der Waals surface area contributed by atoms with Crippen molar-refractivity contribution in [3.8, 4) is 23.0 Å². The highest BCUT2D eigenvalue weighted by Gasteiger charge is 2.33. The Labute approximate surface area is 240 Å². The van der Waals surface area contributed by atoms with Crippen LogP contribution >= 0.6 is 0 Å². The van der Waals surface area contributed by atoms with Crippen LogP contribution in [0.1, 0.15) is 47.9 Å². The van der Waals surface area contributed by atoms with Gasteiger partial charge in [0.15, 0.2) is 11.5 Å². The number of phenols is 2. The average Bonchev–Trinajstić information content (AvgIpc) is 2.99. The summed E-state index contributed by atoms with van der Waals surface area (Å²) in [6.07, 6.45) is 0. The van der Waals surface area contributed by atoms with E-state index in [1.165, 1.54) is 26.0 Å². The summed E-state index contributed by atoms with van der Waals surface area (Å²) in [6, 6.07) is 23.0. The Balaban J connectivity index is 1.65. The van der Waals surface area contributed by atoms with E-state index >= 15 is 0 Å². The van der Waals surface area contributed by atoms with E-state index in [9.17, 15) is 35.2 Å². The van der Waals surface area contributed by atoms with Crippen LogP contribution in [0.3, 0.4) is 0 Å². The molecule has 4 rings (SSSR count). The molecule has 0 aromatic heterocycles. The summed E-state index contributed by atoms with van der Waals surface area (Å²) in [5.74, 6) is -4.06. The molecule has 0 saturated carbocycles. The number of phenolic OH excluding ortho intramolecular Hbond substituents is 2. The molecule has 0 radical (unpaired) electrons. The molecule has 2 unspecified atom stereocenters. The fourth-order valence-corrected chi connectivity index (χ4v) is 4.50. The average molecular weight is 573 g/mol. The van der Waals surface area contributed by atoms with E-state index in [0.717, 1.165) is 23.3 Å². The van der Waals surface area contributed by atoms with E-state index in [2.05, 4.69) is 0 Å². The van der Waals surface area contributed by atoms with E-state index in [0.29, 0.717) is 0 Å². The molecule has 0 aliphatic carbocycles. The number of nitro benzene ring substituents is 2. The molecule has 11 heteroatoms. The highest BCUT2D eigenvalue weighted by molar-refractivity contribution is 5.93. The maximum absolute atomic E-state index is 13.6. The zero-order valence-electron chi connectivity index (χ0n) is 22.8. The maximum atomic E-state index is 13.6. The minimum Gasteiger partial charge on any atom is -0.502 e. The Bertz CT molecular complexity index is 1490. The first-order valence-corrected chi connectivity index (χ1v) is 13.0. The number of ether oxygens (including phenoxy) is 2. The van der Waals surface area contributed by atoms with Crippen LogP contribution in [0.5, 0.6) is 23.0 Å². The van der Waals surface area contributed by atoms with Crippen LogP contribution in [-0.2, 0) is 18.0 Å². The van der Waals surface area contributed by atoms with Crippen LogP contribution in [0.15, 0.2) is 84.9 Å². The van der Waals surface area contributed by atoms with Crippen molar-refractivity contribution in [3.63, 3.8) is 0 Å². The van der Waals surface area contributed by atoms with Gasteiger partial charge in [0.25, 0.3) is 0 Å². The molecule has 0 amide bonds. The molecule has 0 heterocycles. The van der Waals surface area contributed by atoms with E-state index in [4.69, 9.17) is 9.47 Å². The molecule has 0 saturated heterocycles. The summed E-state index contributed by atoms with van der Waals surface area (Å²) in [4.78, 5) is 35.5. The summed E-state index contributed by atoms with van der Waals surface area (Å²) in [7, 11) is 0. The van der Waals surface area contributed by atoms with Gasteiger partial charge < -0.3 is 19.7 Å².